The molecule has 0 spiro atoms. The van der Waals surface area contributed by atoms with Gasteiger partial charge in [-0.05, 0) is 32.6 Å². The molecule has 0 aromatic carbocycles. The molecule has 1 aromatic heterocycles. The summed E-state index contributed by atoms with van der Waals surface area (Å²) in [6.07, 6.45) is 4.18. The van der Waals surface area contributed by atoms with Gasteiger partial charge in [0.05, 0.1) is 5.69 Å². The SMILES string of the molecule is Cc1nn(CC2CCC2)c(C)c1CNC(C)C. The third kappa shape index (κ3) is 2.89. The average molecular weight is 235 g/mol. The van der Waals surface area contributed by atoms with E-state index in [0.29, 0.717) is 6.04 Å². The fourth-order valence-corrected chi connectivity index (χ4v) is 2.39. The third-order valence-electron chi connectivity index (χ3n) is 3.87. The second-order valence-corrected chi connectivity index (χ2v) is 5.66. The van der Waals surface area contributed by atoms with Gasteiger partial charge in [0.1, 0.15) is 0 Å². The summed E-state index contributed by atoms with van der Waals surface area (Å²) in [5.41, 5.74) is 3.93. The zero-order chi connectivity index (χ0) is 12.4. The van der Waals surface area contributed by atoms with Gasteiger partial charge in [-0.25, -0.2) is 0 Å². The molecule has 1 N–H and O–H groups in total. The van der Waals surface area contributed by atoms with Gasteiger partial charge in [-0.3, -0.25) is 4.68 Å². The lowest BCUT2D eigenvalue weighted by Gasteiger charge is -2.25. The Balaban J connectivity index is 2.04. The molecular weight excluding hydrogens is 210 g/mol. The van der Waals surface area contributed by atoms with Crippen molar-refractivity contribution in [1.29, 1.82) is 0 Å². The van der Waals surface area contributed by atoms with E-state index in [1.165, 1.54) is 36.2 Å². The minimum absolute atomic E-state index is 0.531. The highest BCUT2D eigenvalue weighted by Gasteiger charge is 2.20. The van der Waals surface area contributed by atoms with Crippen LogP contribution < -0.4 is 5.32 Å². The Morgan fingerprint density at radius 3 is 2.59 bits per heavy atom. The van der Waals surface area contributed by atoms with Crippen molar-refractivity contribution in [3.05, 3.63) is 17.0 Å². The van der Waals surface area contributed by atoms with Crippen molar-refractivity contribution in [2.75, 3.05) is 0 Å². The molecule has 1 aliphatic carbocycles. The summed E-state index contributed by atoms with van der Waals surface area (Å²) in [4.78, 5) is 0. The maximum atomic E-state index is 4.69. The van der Waals surface area contributed by atoms with Crippen molar-refractivity contribution in [3.63, 3.8) is 0 Å². The van der Waals surface area contributed by atoms with Crippen LogP contribution in [0.4, 0.5) is 0 Å². The van der Waals surface area contributed by atoms with E-state index in [-0.39, 0.29) is 0 Å². The summed E-state index contributed by atoms with van der Waals surface area (Å²) >= 11 is 0. The van der Waals surface area contributed by atoms with E-state index in [9.17, 15) is 0 Å². The highest BCUT2D eigenvalue weighted by atomic mass is 15.3. The minimum Gasteiger partial charge on any atom is -0.310 e. The first kappa shape index (κ1) is 12.6. The van der Waals surface area contributed by atoms with E-state index in [2.05, 4.69) is 42.8 Å². The van der Waals surface area contributed by atoms with Crippen molar-refractivity contribution in [1.82, 2.24) is 15.1 Å². The van der Waals surface area contributed by atoms with Crippen LogP contribution in [-0.4, -0.2) is 15.8 Å². The van der Waals surface area contributed by atoms with Gasteiger partial charge >= 0.3 is 0 Å². The molecule has 17 heavy (non-hydrogen) atoms. The normalized spacial score (nSPS) is 16.5. The molecule has 96 valence electrons. The molecule has 0 unspecified atom stereocenters. The predicted octanol–water partition coefficient (Wildman–Crippen LogP) is 2.80. The quantitative estimate of drug-likeness (QED) is 0.850. The van der Waals surface area contributed by atoms with Crippen molar-refractivity contribution >= 4 is 0 Å². The fraction of sp³-hybridized carbons (Fsp3) is 0.786. The Labute approximate surface area is 105 Å². The molecule has 1 heterocycles. The van der Waals surface area contributed by atoms with Crippen molar-refractivity contribution in [2.45, 2.75) is 66.1 Å². The van der Waals surface area contributed by atoms with Crippen LogP contribution in [0.5, 0.6) is 0 Å². The topological polar surface area (TPSA) is 29.9 Å². The zero-order valence-corrected chi connectivity index (χ0v) is 11.6. The third-order valence-corrected chi connectivity index (χ3v) is 3.87. The summed E-state index contributed by atoms with van der Waals surface area (Å²) in [5, 5.41) is 8.17. The van der Waals surface area contributed by atoms with E-state index < -0.39 is 0 Å². The molecule has 3 nitrogen and oxygen atoms in total. The van der Waals surface area contributed by atoms with Gasteiger partial charge in [-0.2, -0.15) is 5.10 Å². The van der Waals surface area contributed by atoms with E-state index in [4.69, 9.17) is 0 Å². The van der Waals surface area contributed by atoms with Gasteiger partial charge in [-0.1, -0.05) is 20.3 Å². The molecule has 0 atom stereocenters. The maximum Gasteiger partial charge on any atom is 0.0641 e. The van der Waals surface area contributed by atoms with E-state index in [1.807, 2.05) is 0 Å². The van der Waals surface area contributed by atoms with Gasteiger partial charge in [0.2, 0.25) is 0 Å². The van der Waals surface area contributed by atoms with Crippen LogP contribution >= 0.6 is 0 Å². The molecular formula is C14H25N3. The summed E-state index contributed by atoms with van der Waals surface area (Å²) in [7, 11) is 0. The molecule has 0 bridgehead atoms. The lowest BCUT2D eigenvalue weighted by molar-refractivity contribution is 0.264. The number of rotatable bonds is 5. The summed E-state index contributed by atoms with van der Waals surface area (Å²) in [6.45, 7) is 10.8. The molecule has 3 heteroatoms. The highest BCUT2D eigenvalue weighted by molar-refractivity contribution is 5.24. The summed E-state index contributed by atoms with van der Waals surface area (Å²) in [5.74, 6) is 0.874. The van der Waals surface area contributed by atoms with Gasteiger partial charge in [0, 0.05) is 30.4 Å². The lowest BCUT2D eigenvalue weighted by atomic mass is 9.85. The highest BCUT2D eigenvalue weighted by Crippen LogP contribution is 2.28. The van der Waals surface area contributed by atoms with Crippen molar-refractivity contribution in [2.24, 2.45) is 5.92 Å². The predicted molar refractivity (Wildman–Crippen MR) is 71.0 cm³/mol. The maximum absolute atomic E-state index is 4.69. The zero-order valence-electron chi connectivity index (χ0n) is 11.6. The molecule has 0 aliphatic heterocycles. The Hall–Kier alpha value is -0.830. The van der Waals surface area contributed by atoms with Crippen LogP contribution in [0.3, 0.4) is 0 Å². The first-order chi connectivity index (χ1) is 8.08. The van der Waals surface area contributed by atoms with Crippen LogP contribution in [0.25, 0.3) is 0 Å². The van der Waals surface area contributed by atoms with Gasteiger partial charge in [0.25, 0.3) is 0 Å². The Morgan fingerprint density at radius 1 is 1.35 bits per heavy atom. The second kappa shape index (κ2) is 5.21. The van der Waals surface area contributed by atoms with Crippen molar-refractivity contribution < 1.29 is 0 Å². The van der Waals surface area contributed by atoms with Gasteiger partial charge in [0.15, 0.2) is 0 Å². The average Bonchev–Trinajstić information content (AvgIpc) is 2.45. The van der Waals surface area contributed by atoms with Gasteiger partial charge < -0.3 is 5.32 Å². The van der Waals surface area contributed by atoms with Crippen LogP contribution in [0.2, 0.25) is 0 Å². The van der Waals surface area contributed by atoms with E-state index in [0.717, 1.165) is 19.0 Å². The number of nitrogens with one attached hydrogen (secondary N) is 1. The second-order valence-electron chi connectivity index (χ2n) is 5.66. The fourth-order valence-electron chi connectivity index (χ4n) is 2.39. The monoisotopic (exact) mass is 235 g/mol. The molecule has 0 amide bonds. The Morgan fingerprint density at radius 2 is 2.06 bits per heavy atom. The molecule has 1 aromatic rings. The smallest absolute Gasteiger partial charge is 0.0641 e. The number of hydrogen-bond acceptors (Lipinski definition) is 2. The molecule has 0 saturated heterocycles. The van der Waals surface area contributed by atoms with Crippen LogP contribution in [0, 0.1) is 19.8 Å². The summed E-state index contributed by atoms with van der Waals surface area (Å²) in [6, 6.07) is 0.531. The number of hydrogen-bond donors (Lipinski definition) is 1. The molecule has 2 rings (SSSR count). The number of nitrogens with zero attached hydrogens (tertiary/aromatic N) is 2. The number of aromatic nitrogens is 2. The Bertz CT molecular complexity index is 375. The molecule has 1 fully saturated rings. The van der Waals surface area contributed by atoms with E-state index in [1.54, 1.807) is 0 Å². The number of aryl methyl sites for hydroxylation is 1. The standard InChI is InChI=1S/C14H25N3/c1-10(2)15-8-14-11(3)16-17(12(14)4)9-13-6-5-7-13/h10,13,15H,5-9H2,1-4H3. The Kier molecular flexibility index (Phi) is 3.87. The first-order valence-corrected chi connectivity index (χ1v) is 6.84. The van der Waals surface area contributed by atoms with Crippen LogP contribution in [0.1, 0.15) is 50.1 Å². The molecule has 0 radical (unpaired) electrons. The van der Waals surface area contributed by atoms with Crippen molar-refractivity contribution in [3.8, 4) is 0 Å². The van der Waals surface area contributed by atoms with E-state index >= 15 is 0 Å². The lowest BCUT2D eigenvalue weighted by Crippen LogP contribution is -2.23. The van der Waals surface area contributed by atoms with Gasteiger partial charge in [-0.15, -0.1) is 0 Å². The molecule has 1 saturated carbocycles. The van der Waals surface area contributed by atoms with Crippen LogP contribution in [-0.2, 0) is 13.1 Å². The van der Waals surface area contributed by atoms with Crippen LogP contribution in [0.15, 0.2) is 0 Å². The minimum atomic E-state index is 0.531. The largest absolute Gasteiger partial charge is 0.310 e. The summed E-state index contributed by atoms with van der Waals surface area (Å²) < 4.78 is 2.22. The molecule has 1 aliphatic rings. The first-order valence-electron chi connectivity index (χ1n) is 6.84.